The van der Waals surface area contributed by atoms with Gasteiger partial charge in [0.1, 0.15) is 30.5 Å². The highest BCUT2D eigenvalue weighted by Crippen LogP contribution is 2.44. The van der Waals surface area contributed by atoms with Crippen LogP contribution in [0.15, 0.2) is 60.4 Å². The standard InChI is InChI=1S/C26H21NO6/c1-29-20-5-3-2-4-16(20)12-24-25(28)18-7-9-21-19(26(18)33-24)14-27(15-32-21)17-6-8-22-23(13-17)31-11-10-30-22/h2-9,12-13H,10-11,14-15H2,1H3/b24-12-. The zero-order chi connectivity index (χ0) is 22.4. The van der Waals surface area contributed by atoms with Crippen LogP contribution in [-0.2, 0) is 6.54 Å². The summed E-state index contributed by atoms with van der Waals surface area (Å²) in [6, 6.07) is 16.9. The third kappa shape index (κ3) is 3.33. The molecule has 3 aliphatic heterocycles. The van der Waals surface area contributed by atoms with Gasteiger partial charge in [-0.1, -0.05) is 18.2 Å². The topological polar surface area (TPSA) is 66.5 Å². The lowest BCUT2D eigenvalue weighted by molar-refractivity contribution is 0.101. The zero-order valence-corrected chi connectivity index (χ0v) is 18.0. The van der Waals surface area contributed by atoms with Crippen molar-refractivity contribution in [1.82, 2.24) is 0 Å². The molecule has 6 rings (SSSR count). The predicted octanol–water partition coefficient (Wildman–Crippen LogP) is 4.44. The lowest BCUT2D eigenvalue weighted by Crippen LogP contribution is -2.32. The van der Waals surface area contributed by atoms with Gasteiger partial charge in [-0.25, -0.2) is 0 Å². The number of fused-ring (bicyclic) bond motifs is 4. The normalized spacial score (nSPS) is 17.2. The summed E-state index contributed by atoms with van der Waals surface area (Å²) in [5.41, 5.74) is 3.09. The minimum Gasteiger partial charge on any atom is -0.496 e. The highest BCUT2D eigenvalue weighted by Gasteiger charge is 2.34. The number of methoxy groups -OCH3 is 1. The van der Waals surface area contributed by atoms with Gasteiger partial charge in [-0.05, 0) is 36.4 Å². The van der Waals surface area contributed by atoms with Crippen molar-refractivity contribution >= 4 is 17.5 Å². The van der Waals surface area contributed by atoms with E-state index in [1.807, 2.05) is 48.5 Å². The van der Waals surface area contributed by atoms with Crippen LogP contribution in [0.5, 0.6) is 28.7 Å². The van der Waals surface area contributed by atoms with Gasteiger partial charge in [0.05, 0.1) is 24.8 Å². The molecule has 3 aromatic carbocycles. The molecule has 0 aliphatic carbocycles. The molecule has 0 saturated heterocycles. The lowest BCUT2D eigenvalue weighted by atomic mass is 10.0. The fourth-order valence-electron chi connectivity index (χ4n) is 4.28. The number of hydrogen-bond donors (Lipinski definition) is 0. The molecule has 0 N–H and O–H groups in total. The maximum absolute atomic E-state index is 13.1. The van der Waals surface area contributed by atoms with E-state index < -0.39 is 0 Å². The van der Waals surface area contributed by atoms with Crippen LogP contribution in [0.1, 0.15) is 21.5 Å². The molecule has 166 valence electrons. The summed E-state index contributed by atoms with van der Waals surface area (Å²) in [5, 5.41) is 0. The molecule has 0 atom stereocenters. The Hall–Kier alpha value is -4.13. The first-order valence-corrected chi connectivity index (χ1v) is 10.7. The molecule has 33 heavy (non-hydrogen) atoms. The summed E-state index contributed by atoms with van der Waals surface area (Å²) in [7, 11) is 1.60. The largest absolute Gasteiger partial charge is 0.496 e. The predicted molar refractivity (Wildman–Crippen MR) is 121 cm³/mol. The van der Waals surface area contributed by atoms with E-state index in [9.17, 15) is 4.79 Å². The molecule has 0 unspecified atom stereocenters. The summed E-state index contributed by atoms with van der Waals surface area (Å²) in [6.45, 7) is 1.99. The van der Waals surface area contributed by atoms with E-state index in [0.717, 1.165) is 28.3 Å². The van der Waals surface area contributed by atoms with Gasteiger partial charge in [-0.3, -0.25) is 4.79 Å². The van der Waals surface area contributed by atoms with Crippen LogP contribution in [0.4, 0.5) is 5.69 Å². The highest BCUT2D eigenvalue weighted by molar-refractivity contribution is 6.15. The Bertz CT molecular complexity index is 1300. The van der Waals surface area contributed by atoms with Gasteiger partial charge in [-0.2, -0.15) is 0 Å². The summed E-state index contributed by atoms with van der Waals surface area (Å²) >= 11 is 0. The number of hydrogen-bond acceptors (Lipinski definition) is 7. The van der Waals surface area contributed by atoms with Gasteiger partial charge in [-0.15, -0.1) is 0 Å². The van der Waals surface area contributed by atoms with Crippen LogP contribution >= 0.6 is 0 Å². The van der Waals surface area contributed by atoms with Crippen LogP contribution in [0, 0.1) is 0 Å². The van der Waals surface area contributed by atoms with Gasteiger partial charge in [0, 0.05) is 17.3 Å². The third-order valence-corrected chi connectivity index (χ3v) is 5.94. The Morgan fingerprint density at radius 1 is 0.939 bits per heavy atom. The number of carbonyl (C=O) groups excluding carboxylic acids is 1. The molecule has 3 aromatic rings. The Morgan fingerprint density at radius 2 is 1.76 bits per heavy atom. The molecule has 0 fully saturated rings. The molecule has 0 bridgehead atoms. The summed E-state index contributed by atoms with van der Waals surface area (Å²) in [5.74, 6) is 3.50. The van der Waals surface area contributed by atoms with Crippen molar-refractivity contribution in [2.75, 3.05) is 32.0 Å². The Morgan fingerprint density at radius 3 is 2.64 bits per heavy atom. The molecule has 7 heteroatoms. The maximum atomic E-state index is 13.1. The second-order valence-corrected chi connectivity index (χ2v) is 7.90. The van der Waals surface area contributed by atoms with Crippen LogP contribution in [0.2, 0.25) is 0 Å². The van der Waals surface area contributed by atoms with E-state index in [1.165, 1.54) is 0 Å². The first-order chi connectivity index (χ1) is 16.2. The molecule has 3 heterocycles. The van der Waals surface area contributed by atoms with Crippen molar-refractivity contribution in [2.24, 2.45) is 0 Å². The van der Waals surface area contributed by atoms with Crippen molar-refractivity contribution in [3.05, 3.63) is 77.0 Å². The summed E-state index contributed by atoms with van der Waals surface area (Å²) in [4.78, 5) is 15.1. The van der Waals surface area contributed by atoms with Crippen LogP contribution in [0.25, 0.3) is 6.08 Å². The number of ketones is 1. The van der Waals surface area contributed by atoms with Gasteiger partial charge in [0.15, 0.2) is 24.0 Å². The van der Waals surface area contributed by atoms with Crippen LogP contribution in [0.3, 0.4) is 0 Å². The van der Waals surface area contributed by atoms with E-state index in [-0.39, 0.29) is 11.5 Å². The number of allylic oxidation sites excluding steroid dienone is 1. The van der Waals surface area contributed by atoms with Gasteiger partial charge < -0.3 is 28.6 Å². The number of Topliss-reactive ketones (excluding diaryl/α,β-unsaturated/α-hetero) is 1. The third-order valence-electron chi connectivity index (χ3n) is 5.94. The van der Waals surface area contributed by atoms with E-state index in [2.05, 4.69) is 4.90 Å². The molecular weight excluding hydrogens is 422 g/mol. The number of benzene rings is 3. The Labute approximate surface area is 190 Å². The van der Waals surface area contributed by atoms with E-state index in [0.29, 0.717) is 49.3 Å². The van der Waals surface area contributed by atoms with E-state index in [1.54, 1.807) is 19.3 Å². The molecule has 0 spiro atoms. The fourth-order valence-corrected chi connectivity index (χ4v) is 4.28. The number of ether oxygens (including phenoxy) is 5. The van der Waals surface area contributed by atoms with Crippen molar-refractivity contribution in [1.29, 1.82) is 0 Å². The summed E-state index contributed by atoms with van der Waals surface area (Å²) in [6.07, 6.45) is 1.72. The lowest BCUT2D eigenvalue weighted by Gasteiger charge is -2.32. The monoisotopic (exact) mass is 443 g/mol. The SMILES string of the molecule is COc1ccccc1/C=C1\Oc2c(ccc3c2CN(c2ccc4c(c2)OCCO4)CO3)C1=O. The average molecular weight is 443 g/mol. The van der Waals surface area contributed by atoms with Crippen LogP contribution in [-0.4, -0.2) is 32.8 Å². The fraction of sp³-hybridized carbons (Fsp3) is 0.192. The van der Waals surface area contributed by atoms with Gasteiger partial charge in [0.2, 0.25) is 5.78 Å². The molecule has 3 aliphatic rings. The molecule has 0 aromatic heterocycles. The van der Waals surface area contributed by atoms with Crippen molar-refractivity contribution in [3.8, 4) is 28.7 Å². The second-order valence-electron chi connectivity index (χ2n) is 7.90. The van der Waals surface area contributed by atoms with Crippen molar-refractivity contribution < 1.29 is 28.5 Å². The number of carbonyl (C=O) groups is 1. The smallest absolute Gasteiger partial charge is 0.231 e. The second kappa shape index (κ2) is 7.78. The highest BCUT2D eigenvalue weighted by atomic mass is 16.6. The van der Waals surface area contributed by atoms with E-state index >= 15 is 0 Å². The number of para-hydroxylation sites is 1. The number of nitrogens with zero attached hydrogens (tertiary/aromatic N) is 1. The first kappa shape index (κ1) is 19.5. The summed E-state index contributed by atoms with van der Waals surface area (Å²) < 4.78 is 28.9. The van der Waals surface area contributed by atoms with E-state index in [4.69, 9.17) is 23.7 Å². The zero-order valence-electron chi connectivity index (χ0n) is 18.0. The number of anilines is 1. The molecule has 0 saturated carbocycles. The maximum Gasteiger partial charge on any atom is 0.231 e. The number of rotatable bonds is 3. The van der Waals surface area contributed by atoms with Crippen molar-refractivity contribution in [3.63, 3.8) is 0 Å². The van der Waals surface area contributed by atoms with Gasteiger partial charge in [0.25, 0.3) is 0 Å². The molecular formula is C26H21NO6. The quantitative estimate of drug-likeness (QED) is 0.555. The first-order valence-electron chi connectivity index (χ1n) is 10.7. The van der Waals surface area contributed by atoms with Crippen molar-refractivity contribution in [2.45, 2.75) is 6.54 Å². The Kier molecular flexibility index (Phi) is 4.61. The van der Waals surface area contributed by atoms with Gasteiger partial charge >= 0.3 is 0 Å². The minimum atomic E-state index is -0.157. The molecule has 7 nitrogen and oxygen atoms in total. The van der Waals surface area contributed by atoms with Crippen LogP contribution < -0.4 is 28.6 Å². The average Bonchev–Trinajstić information content (AvgIpc) is 3.19. The Balaban J connectivity index is 1.32. The minimum absolute atomic E-state index is 0.157. The molecule has 0 radical (unpaired) electrons. The molecule has 0 amide bonds.